The van der Waals surface area contributed by atoms with Gasteiger partial charge >= 0.3 is 0 Å². The van der Waals surface area contributed by atoms with Gasteiger partial charge in [-0.2, -0.15) is 9.94 Å². The zero-order valence-electron chi connectivity index (χ0n) is 10.5. The largest absolute Gasteiger partial charge is 0.508 e. The molecule has 0 atom stereocenters. The zero-order chi connectivity index (χ0) is 14.7. The van der Waals surface area contributed by atoms with Crippen molar-refractivity contribution in [1.82, 2.24) is 30.2 Å². The number of aromatic hydroxyl groups is 1. The molecule has 3 rings (SSSR count). The third-order valence-electron chi connectivity index (χ3n) is 2.47. The third-order valence-corrected chi connectivity index (χ3v) is 3.33. The Morgan fingerprint density at radius 2 is 1.95 bits per heavy atom. The number of nitriles is 1. The van der Waals surface area contributed by atoms with E-state index >= 15 is 0 Å². The number of hydrogen-bond donors (Lipinski definition) is 1. The summed E-state index contributed by atoms with van der Waals surface area (Å²) in [4.78, 5) is 8.04. The van der Waals surface area contributed by atoms with E-state index in [1.807, 2.05) is 6.07 Å². The first-order chi connectivity index (χ1) is 10.3. The summed E-state index contributed by atoms with van der Waals surface area (Å²) in [6.45, 7) is 0. The van der Waals surface area contributed by atoms with Gasteiger partial charge in [-0.25, -0.2) is 9.97 Å². The van der Waals surface area contributed by atoms with Crippen LogP contribution in [0.1, 0.15) is 5.69 Å². The summed E-state index contributed by atoms with van der Waals surface area (Å²) < 4.78 is 1.52. The quantitative estimate of drug-likeness (QED) is 0.766. The molecule has 9 heteroatoms. The Hall–Kier alpha value is -2.99. The van der Waals surface area contributed by atoms with Crippen molar-refractivity contribution >= 4 is 11.8 Å². The fraction of sp³-hybridized carbons (Fsp3) is 0. The highest BCUT2D eigenvalue weighted by Gasteiger charge is 2.11. The fourth-order valence-corrected chi connectivity index (χ4v) is 2.22. The molecule has 8 nitrogen and oxygen atoms in total. The maximum atomic E-state index is 9.30. The maximum absolute atomic E-state index is 9.30. The monoisotopic (exact) mass is 297 g/mol. The van der Waals surface area contributed by atoms with Crippen LogP contribution in [0.4, 0.5) is 0 Å². The van der Waals surface area contributed by atoms with E-state index in [1.165, 1.54) is 28.8 Å². The van der Waals surface area contributed by atoms with Gasteiger partial charge in [-0.15, -0.1) is 5.10 Å². The van der Waals surface area contributed by atoms with E-state index in [2.05, 4.69) is 25.5 Å². The van der Waals surface area contributed by atoms with E-state index in [1.54, 1.807) is 24.3 Å². The minimum absolute atomic E-state index is 0.166. The summed E-state index contributed by atoms with van der Waals surface area (Å²) in [5.41, 5.74) is 0.958. The zero-order valence-corrected chi connectivity index (χ0v) is 11.3. The van der Waals surface area contributed by atoms with Crippen molar-refractivity contribution in [2.45, 2.75) is 10.2 Å². The first-order valence-electron chi connectivity index (χ1n) is 5.74. The van der Waals surface area contributed by atoms with Gasteiger partial charge in [0.2, 0.25) is 5.16 Å². The van der Waals surface area contributed by atoms with Gasteiger partial charge < -0.3 is 5.11 Å². The first kappa shape index (κ1) is 13.0. The molecule has 0 fully saturated rings. The van der Waals surface area contributed by atoms with E-state index in [-0.39, 0.29) is 11.4 Å². The van der Waals surface area contributed by atoms with Gasteiger partial charge in [-0.1, -0.05) is 0 Å². The third kappa shape index (κ3) is 2.80. The molecule has 0 saturated heterocycles. The lowest BCUT2D eigenvalue weighted by atomic mass is 10.3. The predicted molar refractivity (Wildman–Crippen MR) is 71.7 cm³/mol. The number of rotatable bonds is 3. The lowest BCUT2D eigenvalue weighted by Gasteiger charge is -2.03. The van der Waals surface area contributed by atoms with E-state index in [4.69, 9.17) is 5.26 Å². The second-order valence-corrected chi connectivity index (χ2v) is 4.83. The van der Waals surface area contributed by atoms with Gasteiger partial charge in [0.05, 0.1) is 18.1 Å². The molecule has 2 heterocycles. The predicted octanol–water partition coefficient (Wildman–Crippen LogP) is 1.18. The van der Waals surface area contributed by atoms with Crippen molar-refractivity contribution in [2.75, 3.05) is 0 Å². The number of phenols is 1. The van der Waals surface area contributed by atoms with Crippen LogP contribution in [-0.2, 0) is 0 Å². The molecule has 0 amide bonds. The molecule has 1 N–H and O–H groups in total. The molecule has 3 aromatic rings. The highest BCUT2D eigenvalue weighted by Crippen LogP contribution is 2.25. The molecule has 2 aromatic heterocycles. The van der Waals surface area contributed by atoms with E-state index in [0.717, 1.165) is 0 Å². The smallest absolute Gasteiger partial charge is 0.220 e. The molecule has 0 saturated carbocycles. The normalized spacial score (nSPS) is 10.2. The fourth-order valence-electron chi connectivity index (χ4n) is 1.52. The standard InChI is InChI=1S/C12H7N7OS/c13-5-8-6-15-11(7-14-8)21-12-16-17-18-19(12)9-1-3-10(20)4-2-9/h1-4,6-7,20H. The summed E-state index contributed by atoms with van der Waals surface area (Å²) in [7, 11) is 0. The highest BCUT2D eigenvalue weighted by molar-refractivity contribution is 7.99. The van der Waals surface area contributed by atoms with Crippen molar-refractivity contribution < 1.29 is 5.11 Å². The number of tetrazole rings is 1. The lowest BCUT2D eigenvalue weighted by molar-refractivity contribution is 0.475. The van der Waals surface area contributed by atoms with Gasteiger partial charge in [0.25, 0.3) is 0 Å². The van der Waals surface area contributed by atoms with Crippen molar-refractivity contribution in [3.8, 4) is 17.5 Å². The number of nitrogens with zero attached hydrogens (tertiary/aromatic N) is 7. The minimum atomic E-state index is 0.166. The molecule has 0 radical (unpaired) electrons. The summed E-state index contributed by atoms with van der Waals surface area (Å²) in [5.74, 6) is 0.166. The minimum Gasteiger partial charge on any atom is -0.508 e. The molecule has 1 aromatic carbocycles. The van der Waals surface area contributed by atoms with Crippen LogP contribution in [0.25, 0.3) is 5.69 Å². The Morgan fingerprint density at radius 1 is 1.14 bits per heavy atom. The molecule has 0 spiro atoms. The van der Waals surface area contributed by atoms with Crippen LogP contribution in [-0.4, -0.2) is 35.3 Å². The van der Waals surface area contributed by atoms with Gasteiger partial charge in [0.15, 0.2) is 5.69 Å². The second kappa shape index (κ2) is 5.56. The summed E-state index contributed by atoms with van der Waals surface area (Å²) in [6.07, 6.45) is 2.87. The second-order valence-electron chi connectivity index (χ2n) is 3.84. The van der Waals surface area contributed by atoms with Gasteiger partial charge in [0.1, 0.15) is 16.8 Å². The molecule has 0 aliphatic rings. The van der Waals surface area contributed by atoms with E-state index in [0.29, 0.717) is 15.9 Å². The molecular formula is C12H7N7OS. The van der Waals surface area contributed by atoms with Gasteiger partial charge in [-0.05, 0) is 46.5 Å². The first-order valence-corrected chi connectivity index (χ1v) is 6.56. The number of hydrogen-bond acceptors (Lipinski definition) is 8. The van der Waals surface area contributed by atoms with Crippen molar-refractivity contribution in [3.63, 3.8) is 0 Å². The molecule has 21 heavy (non-hydrogen) atoms. The average Bonchev–Trinajstić information content (AvgIpc) is 2.97. The Labute approximate surface area is 123 Å². The van der Waals surface area contributed by atoms with Crippen LogP contribution in [0.2, 0.25) is 0 Å². The topological polar surface area (TPSA) is 113 Å². The van der Waals surface area contributed by atoms with Crippen LogP contribution in [0.15, 0.2) is 46.8 Å². The van der Waals surface area contributed by atoms with Crippen molar-refractivity contribution in [2.24, 2.45) is 0 Å². The van der Waals surface area contributed by atoms with Crippen molar-refractivity contribution in [1.29, 1.82) is 5.26 Å². The van der Waals surface area contributed by atoms with Crippen LogP contribution in [0.5, 0.6) is 5.75 Å². The maximum Gasteiger partial charge on any atom is 0.220 e. The van der Waals surface area contributed by atoms with Crippen LogP contribution in [0.3, 0.4) is 0 Å². The molecule has 0 bridgehead atoms. The Kier molecular flexibility index (Phi) is 3.44. The van der Waals surface area contributed by atoms with Crippen LogP contribution < -0.4 is 0 Å². The average molecular weight is 297 g/mol. The molecule has 0 unspecified atom stereocenters. The summed E-state index contributed by atoms with van der Waals surface area (Å²) >= 11 is 1.22. The summed E-state index contributed by atoms with van der Waals surface area (Å²) in [6, 6.07) is 8.39. The number of benzene rings is 1. The Bertz CT molecular complexity index is 792. The van der Waals surface area contributed by atoms with Crippen molar-refractivity contribution in [3.05, 3.63) is 42.4 Å². The molecule has 102 valence electrons. The molecular weight excluding hydrogens is 290 g/mol. The number of phenolic OH excluding ortho intramolecular Hbond substituents is 1. The molecule has 0 aliphatic carbocycles. The Morgan fingerprint density at radius 3 is 2.62 bits per heavy atom. The Balaban J connectivity index is 1.88. The van der Waals surface area contributed by atoms with E-state index < -0.39 is 0 Å². The van der Waals surface area contributed by atoms with Gasteiger partial charge in [-0.3, -0.25) is 0 Å². The van der Waals surface area contributed by atoms with E-state index in [9.17, 15) is 5.11 Å². The molecule has 0 aliphatic heterocycles. The van der Waals surface area contributed by atoms with Crippen LogP contribution in [0, 0.1) is 11.3 Å². The van der Waals surface area contributed by atoms with Gasteiger partial charge in [0, 0.05) is 0 Å². The SMILES string of the molecule is N#Cc1cnc(Sc2nnnn2-c2ccc(O)cc2)cn1. The summed E-state index contributed by atoms with van der Waals surface area (Å²) in [5, 5.41) is 30.5. The highest BCUT2D eigenvalue weighted by atomic mass is 32.2. The number of aromatic nitrogens is 6. The van der Waals surface area contributed by atoms with Crippen LogP contribution >= 0.6 is 11.8 Å². The lowest BCUT2D eigenvalue weighted by Crippen LogP contribution is -1.99.